The molecule has 1 amide bonds. The molecule has 0 aromatic carbocycles. The van der Waals surface area contributed by atoms with Crippen molar-refractivity contribution in [2.45, 2.75) is 6.10 Å². The topological polar surface area (TPSA) is 127 Å². The standard InChI is InChI=1S/C15H14N6O4S/c1-24-9-5-11(21-6-8(22)7-21)17-18-12(9)13(23)16-15-20-19-14(25-15)10-3-2-4-26-10/h2-5,8,22H,6-7H2,1H3,(H,16,20,23). The number of β-amino-alcohol motifs (C(OH)–C–C–N with tert-alkyl or cyclic N) is 1. The molecule has 4 heterocycles. The first kappa shape index (κ1) is 16.4. The summed E-state index contributed by atoms with van der Waals surface area (Å²) in [6.07, 6.45) is -0.374. The van der Waals surface area contributed by atoms with Gasteiger partial charge in [0, 0.05) is 19.2 Å². The number of nitrogens with zero attached hydrogens (tertiary/aromatic N) is 5. The smallest absolute Gasteiger partial charge is 0.322 e. The lowest BCUT2D eigenvalue weighted by molar-refractivity contribution is 0.101. The fourth-order valence-electron chi connectivity index (χ4n) is 2.40. The predicted octanol–water partition coefficient (Wildman–Crippen LogP) is 1.03. The molecule has 1 aliphatic rings. The molecular formula is C15H14N6O4S. The molecule has 0 bridgehead atoms. The van der Waals surface area contributed by atoms with Gasteiger partial charge in [0.15, 0.2) is 17.3 Å². The van der Waals surface area contributed by atoms with E-state index in [4.69, 9.17) is 9.15 Å². The molecule has 0 radical (unpaired) electrons. The molecule has 4 rings (SSSR count). The number of nitrogens with one attached hydrogen (secondary N) is 1. The Bertz CT molecular complexity index is 922. The molecule has 0 unspecified atom stereocenters. The van der Waals surface area contributed by atoms with Crippen LogP contribution in [0.2, 0.25) is 0 Å². The molecule has 0 saturated carbocycles. The van der Waals surface area contributed by atoms with Crippen molar-refractivity contribution >= 4 is 29.1 Å². The van der Waals surface area contributed by atoms with Gasteiger partial charge in [0.2, 0.25) is 0 Å². The van der Waals surface area contributed by atoms with E-state index in [1.807, 2.05) is 22.4 Å². The van der Waals surface area contributed by atoms with Crippen molar-refractivity contribution in [3.8, 4) is 16.5 Å². The summed E-state index contributed by atoms with van der Waals surface area (Å²) in [4.78, 5) is 15.1. The van der Waals surface area contributed by atoms with Crippen LogP contribution >= 0.6 is 11.3 Å². The maximum atomic E-state index is 12.4. The number of aliphatic hydroxyl groups is 1. The Labute approximate surface area is 151 Å². The molecule has 1 saturated heterocycles. The van der Waals surface area contributed by atoms with Crippen molar-refractivity contribution < 1.29 is 19.1 Å². The monoisotopic (exact) mass is 374 g/mol. The Balaban J connectivity index is 1.51. The molecule has 10 nitrogen and oxygen atoms in total. The van der Waals surface area contributed by atoms with Crippen LogP contribution in [0.15, 0.2) is 28.0 Å². The minimum absolute atomic E-state index is 0.00630. The van der Waals surface area contributed by atoms with E-state index in [2.05, 4.69) is 25.7 Å². The van der Waals surface area contributed by atoms with Crippen molar-refractivity contribution in [2.24, 2.45) is 0 Å². The number of hydrogen-bond donors (Lipinski definition) is 2. The summed E-state index contributed by atoms with van der Waals surface area (Å²) >= 11 is 1.45. The maximum Gasteiger partial charge on any atom is 0.322 e. The third kappa shape index (κ3) is 3.09. The van der Waals surface area contributed by atoms with Crippen LogP contribution in [0.5, 0.6) is 5.75 Å². The van der Waals surface area contributed by atoms with Gasteiger partial charge in [-0.05, 0) is 11.4 Å². The zero-order valence-corrected chi connectivity index (χ0v) is 14.4. The molecule has 3 aromatic heterocycles. The number of aliphatic hydroxyl groups excluding tert-OH is 1. The molecule has 1 aliphatic heterocycles. The minimum atomic E-state index is -0.578. The fourth-order valence-corrected chi connectivity index (χ4v) is 3.05. The molecule has 0 spiro atoms. The van der Waals surface area contributed by atoms with E-state index in [0.717, 1.165) is 4.88 Å². The number of thiophene rings is 1. The number of hydrogen-bond acceptors (Lipinski definition) is 10. The minimum Gasteiger partial charge on any atom is -0.494 e. The van der Waals surface area contributed by atoms with Gasteiger partial charge in [-0.15, -0.1) is 26.6 Å². The van der Waals surface area contributed by atoms with Crippen molar-refractivity contribution in [1.29, 1.82) is 0 Å². The molecule has 0 atom stereocenters. The quantitative estimate of drug-likeness (QED) is 0.673. The third-order valence-corrected chi connectivity index (χ3v) is 4.60. The lowest BCUT2D eigenvalue weighted by Crippen LogP contribution is -2.51. The number of carbonyl (C=O) groups excluding carboxylic acids is 1. The average molecular weight is 374 g/mol. The predicted molar refractivity (Wildman–Crippen MR) is 92.4 cm³/mol. The van der Waals surface area contributed by atoms with E-state index in [1.165, 1.54) is 18.4 Å². The van der Waals surface area contributed by atoms with Crippen LogP contribution in [0.1, 0.15) is 10.5 Å². The molecule has 1 fully saturated rings. The number of rotatable bonds is 5. The second kappa shape index (κ2) is 6.69. The number of methoxy groups -OCH3 is 1. The number of anilines is 2. The zero-order chi connectivity index (χ0) is 18.1. The van der Waals surface area contributed by atoms with Gasteiger partial charge < -0.3 is 19.2 Å². The number of aromatic nitrogens is 4. The Hall–Kier alpha value is -3.05. The first-order valence-corrected chi connectivity index (χ1v) is 8.55. The van der Waals surface area contributed by atoms with Crippen LogP contribution in [0.4, 0.5) is 11.8 Å². The highest BCUT2D eigenvalue weighted by Gasteiger charge is 2.28. The molecule has 26 heavy (non-hydrogen) atoms. The van der Waals surface area contributed by atoms with Crippen molar-refractivity contribution in [1.82, 2.24) is 20.4 Å². The van der Waals surface area contributed by atoms with Crippen LogP contribution < -0.4 is 15.0 Å². The van der Waals surface area contributed by atoms with Gasteiger partial charge in [0.25, 0.3) is 11.8 Å². The summed E-state index contributed by atoms with van der Waals surface area (Å²) in [7, 11) is 1.43. The van der Waals surface area contributed by atoms with Crippen LogP contribution in [0.25, 0.3) is 10.8 Å². The van der Waals surface area contributed by atoms with E-state index < -0.39 is 5.91 Å². The second-order valence-corrected chi connectivity index (χ2v) is 6.47. The lowest BCUT2D eigenvalue weighted by Gasteiger charge is -2.36. The highest BCUT2D eigenvalue weighted by molar-refractivity contribution is 7.13. The summed E-state index contributed by atoms with van der Waals surface area (Å²) in [5.41, 5.74) is -0.00630. The number of amides is 1. The highest BCUT2D eigenvalue weighted by Crippen LogP contribution is 2.26. The molecule has 0 aliphatic carbocycles. The molecule has 11 heteroatoms. The largest absolute Gasteiger partial charge is 0.494 e. The van der Waals surface area contributed by atoms with Gasteiger partial charge in [0.05, 0.1) is 18.1 Å². The molecule has 3 aromatic rings. The first-order chi connectivity index (χ1) is 12.6. The normalized spacial score (nSPS) is 14.2. The van der Waals surface area contributed by atoms with Crippen molar-refractivity contribution in [2.75, 3.05) is 30.4 Å². The van der Waals surface area contributed by atoms with E-state index in [-0.39, 0.29) is 23.6 Å². The Morgan fingerprint density at radius 1 is 1.38 bits per heavy atom. The van der Waals surface area contributed by atoms with E-state index in [1.54, 1.807) is 6.07 Å². The Morgan fingerprint density at radius 2 is 2.23 bits per heavy atom. The van der Waals surface area contributed by atoms with Gasteiger partial charge >= 0.3 is 6.01 Å². The van der Waals surface area contributed by atoms with E-state index in [9.17, 15) is 9.90 Å². The van der Waals surface area contributed by atoms with E-state index >= 15 is 0 Å². The zero-order valence-electron chi connectivity index (χ0n) is 13.6. The fraction of sp³-hybridized carbons (Fsp3) is 0.267. The second-order valence-electron chi connectivity index (χ2n) is 5.52. The first-order valence-electron chi connectivity index (χ1n) is 7.67. The molecular weight excluding hydrogens is 360 g/mol. The van der Waals surface area contributed by atoms with Gasteiger partial charge in [-0.1, -0.05) is 11.2 Å². The average Bonchev–Trinajstić information content (AvgIpc) is 3.29. The van der Waals surface area contributed by atoms with Crippen LogP contribution in [-0.2, 0) is 0 Å². The number of carbonyl (C=O) groups is 1. The van der Waals surface area contributed by atoms with E-state index in [0.29, 0.717) is 24.8 Å². The molecule has 134 valence electrons. The maximum absolute atomic E-state index is 12.4. The van der Waals surface area contributed by atoms with Gasteiger partial charge in [-0.2, -0.15) is 0 Å². The van der Waals surface area contributed by atoms with Crippen LogP contribution in [0.3, 0.4) is 0 Å². The lowest BCUT2D eigenvalue weighted by atomic mass is 10.1. The van der Waals surface area contributed by atoms with Crippen molar-refractivity contribution in [3.63, 3.8) is 0 Å². The third-order valence-electron chi connectivity index (χ3n) is 3.74. The Kier molecular flexibility index (Phi) is 4.22. The van der Waals surface area contributed by atoms with Crippen LogP contribution in [0, 0.1) is 0 Å². The summed E-state index contributed by atoms with van der Waals surface area (Å²) in [5, 5.41) is 29.4. The summed E-state index contributed by atoms with van der Waals surface area (Å²) in [6.45, 7) is 0.938. The Morgan fingerprint density at radius 3 is 2.92 bits per heavy atom. The SMILES string of the molecule is COc1cc(N2CC(O)C2)nnc1C(=O)Nc1nnc(-c2cccs2)o1. The molecule has 2 N–H and O–H groups in total. The summed E-state index contributed by atoms with van der Waals surface area (Å²) in [6, 6.07) is 5.25. The summed E-state index contributed by atoms with van der Waals surface area (Å²) in [5.74, 6) is 0.527. The van der Waals surface area contributed by atoms with Gasteiger partial charge in [0.1, 0.15) is 0 Å². The highest BCUT2D eigenvalue weighted by atomic mass is 32.1. The van der Waals surface area contributed by atoms with Gasteiger partial charge in [-0.3, -0.25) is 10.1 Å². The van der Waals surface area contributed by atoms with Crippen molar-refractivity contribution in [3.05, 3.63) is 29.3 Å². The van der Waals surface area contributed by atoms with Crippen LogP contribution in [-0.4, -0.2) is 57.7 Å². The van der Waals surface area contributed by atoms with Gasteiger partial charge in [-0.25, -0.2) is 0 Å². The summed E-state index contributed by atoms with van der Waals surface area (Å²) < 4.78 is 10.7. The number of ether oxygens (including phenoxy) is 1.